The number of hydrogen-bond acceptors (Lipinski definition) is 5. The maximum atomic E-state index is 5.57. The second-order valence-corrected chi connectivity index (χ2v) is 3.97. The zero-order chi connectivity index (χ0) is 12.8. The van der Waals surface area contributed by atoms with Gasteiger partial charge in [-0.05, 0) is 26.1 Å². The Hall–Kier alpha value is -1.88. The van der Waals surface area contributed by atoms with Gasteiger partial charge in [-0.3, -0.25) is 0 Å². The molecule has 18 heavy (non-hydrogen) atoms. The quantitative estimate of drug-likeness (QED) is 0.845. The van der Waals surface area contributed by atoms with Gasteiger partial charge in [0.15, 0.2) is 5.82 Å². The van der Waals surface area contributed by atoms with E-state index in [0.717, 1.165) is 5.75 Å². The van der Waals surface area contributed by atoms with E-state index in [1.165, 1.54) is 0 Å². The van der Waals surface area contributed by atoms with E-state index >= 15 is 0 Å². The molecule has 0 saturated heterocycles. The monoisotopic (exact) mass is 247 g/mol. The first-order chi connectivity index (χ1) is 8.79. The Morgan fingerprint density at radius 3 is 2.83 bits per heavy atom. The summed E-state index contributed by atoms with van der Waals surface area (Å²) in [6.45, 7) is 2.51. The van der Waals surface area contributed by atoms with Crippen molar-refractivity contribution in [3.63, 3.8) is 0 Å². The van der Waals surface area contributed by atoms with Crippen LogP contribution in [0.15, 0.2) is 34.9 Å². The number of para-hydroxylation sites is 1. The molecule has 1 aromatic carbocycles. The average Bonchev–Trinajstić information content (AvgIpc) is 2.88. The number of nitrogens with one attached hydrogen (secondary N) is 1. The van der Waals surface area contributed by atoms with Crippen molar-refractivity contribution in [3.05, 3.63) is 42.0 Å². The van der Waals surface area contributed by atoms with E-state index in [4.69, 9.17) is 9.26 Å². The second kappa shape index (κ2) is 6.16. The molecule has 0 aliphatic carbocycles. The predicted octanol–water partition coefficient (Wildman–Crippen LogP) is 1.97. The van der Waals surface area contributed by atoms with Crippen LogP contribution in [0.5, 0.6) is 5.75 Å². The Morgan fingerprint density at radius 1 is 1.33 bits per heavy atom. The minimum absolute atomic E-state index is 0.0706. The van der Waals surface area contributed by atoms with Crippen molar-refractivity contribution < 1.29 is 9.26 Å². The maximum absolute atomic E-state index is 5.57. The molecule has 1 unspecified atom stereocenters. The molecule has 0 bridgehead atoms. The van der Waals surface area contributed by atoms with Gasteiger partial charge in [0.2, 0.25) is 5.89 Å². The fraction of sp³-hybridized carbons (Fsp3) is 0.385. The van der Waals surface area contributed by atoms with Gasteiger partial charge in [-0.2, -0.15) is 4.98 Å². The highest BCUT2D eigenvalue weighted by molar-refractivity contribution is 5.20. The topological polar surface area (TPSA) is 60.2 Å². The van der Waals surface area contributed by atoms with Gasteiger partial charge in [-0.1, -0.05) is 23.4 Å². The molecule has 1 aromatic heterocycles. The summed E-state index contributed by atoms with van der Waals surface area (Å²) in [5.74, 6) is 2.13. The van der Waals surface area contributed by atoms with Crippen LogP contribution in [0.1, 0.15) is 24.7 Å². The SMILES string of the molecule is CNC(C)c1nc(CCOc2ccccc2)no1. The van der Waals surface area contributed by atoms with E-state index in [9.17, 15) is 0 Å². The Labute approximate surface area is 106 Å². The summed E-state index contributed by atoms with van der Waals surface area (Å²) in [7, 11) is 1.85. The molecule has 96 valence electrons. The number of nitrogens with zero attached hydrogens (tertiary/aromatic N) is 2. The normalized spacial score (nSPS) is 12.3. The molecule has 0 saturated carbocycles. The molecule has 0 aliphatic heterocycles. The van der Waals surface area contributed by atoms with Crippen molar-refractivity contribution >= 4 is 0 Å². The molecule has 0 amide bonds. The van der Waals surface area contributed by atoms with Crippen LogP contribution >= 0.6 is 0 Å². The van der Waals surface area contributed by atoms with Crippen molar-refractivity contribution in [2.75, 3.05) is 13.7 Å². The van der Waals surface area contributed by atoms with Gasteiger partial charge in [0.25, 0.3) is 0 Å². The minimum Gasteiger partial charge on any atom is -0.493 e. The van der Waals surface area contributed by atoms with Crippen molar-refractivity contribution in [1.29, 1.82) is 0 Å². The zero-order valence-electron chi connectivity index (χ0n) is 10.6. The van der Waals surface area contributed by atoms with Crippen LogP contribution in [-0.2, 0) is 6.42 Å². The molecule has 2 rings (SSSR count). The zero-order valence-corrected chi connectivity index (χ0v) is 10.6. The molecular weight excluding hydrogens is 230 g/mol. The molecule has 1 N–H and O–H groups in total. The first-order valence-electron chi connectivity index (χ1n) is 5.97. The summed E-state index contributed by atoms with van der Waals surface area (Å²) in [5, 5.41) is 6.96. The van der Waals surface area contributed by atoms with Crippen LogP contribution < -0.4 is 10.1 Å². The van der Waals surface area contributed by atoms with Gasteiger partial charge in [-0.15, -0.1) is 0 Å². The molecule has 1 atom stereocenters. The van der Waals surface area contributed by atoms with E-state index in [1.807, 2.05) is 44.3 Å². The number of aromatic nitrogens is 2. The van der Waals surface area contributed by atoms with Gasteiger partial charge in [-0.25, -0.2) is 0 Å². The van der Waals surface area contributed by atoms with E-state index in [-0.39, 0.29) is 6.04 Å². The number of hydrogen-bond donors (Lipinski definition) is 1. The Bertz CT molecular complexity index is 470. The van der Waals surface area contributed by atoms with Crippen LogP contribution in [0.2, 0.25) is 0 Å². The molecule has 1 heterocycles. The number of rotatable bonds is 6. The third-order valence-corrected chi connectivity index (χ3v) is 2.62. The molecule has 0 fully saturated rings. The fourth-order valence-electron chi connectivity index (χ4n) is 1.45. The minimum atomic E-state index is 0.0706. The lowest BCUT2D eigenvalue weighted by molar-refractivity contribution is 0.311. The fourth-order valence-corrected chi connectivity index (χ4v) is 1.45. The van der Waals surface area contributed by atoms with Gasteiger partial charge in [0.1, 0.15) is 5.75 Å². The number of benzene rings is 1. The second-order valence-electron chi connectivity index (χ2n) is 3.97. The first kappa shape index (κ1) is 12.6. The van der Waals surface area contributed by atoms with Crippen LogP contribution in [0, 0.1) is 0 Å². The summed E-state index contributed by atoms with van der Waals surface area (Å²) < 4.78 is 10.7. The Morgan fingerprint density at radius 2 is 2.11 bits per heavy atom. The first-order valence-corrected chi connectivity index (χ1v) is 5.97. The Kier molecular flexibility index (Phi) is 4.30. The van der Waals surface area contributed by atoms with Gasteiger partial charge in [0.05, 0.1) is 12.6 Å². The molecule has 0 aliphatic rings. The van der Waals surface area contributed by atoms with Crippen LogP contribution in [0.3, 0.4) is 0 Å². The van der Waals surface area contributed by atoms with E-state index in [0.29, 0.717) is 24.7 Å². The van der Waals surface area contributed by atoms with Gasteiger partial charge < -0.3 is 14.6 Å². The average molecular weight is 247 g/mol. The predicted molar refractivity (Wildman–Crippen MR) is 67.4 cm³/mol. The van der Waals surface area contributed by atoms with Crippen molar-refractivity contribution in [3.8, 4) is 5.75 Å². The van der Waals surface area contributed by atoms with Crippen molar-refractivity contribution in [1.82, 2.24) is 15.5 Å². The third-order valence-electron chi connectivity index (χ3n) is 2.62. The molecule has 2 aromatic rings. The van der Waals surface area contributed by atoms with Crippen LogP contribution in [0.25, 0.3) is 0 Å². The van der Waals surface area contributed by atoms with Crippen LogP contribution in [-0.4, -0.2) is 23.8 Å². The van der Waals surface area contributed by atoms with Crippen molar-refractivity contribution in [2.45, 2.75) is 19.4 Å². The highest BCUT2D eigenvalue weighted by atomic mass is 16.5. The summed E-state index contributed by atoms with van der Waals surface area (Å²) in [6.07, 6.45) is 0.634. The molecular formula is C13H17N3O2. The largest absolute Gasteiger partial charge is 0.493 e. The van der Waals surface area contributed by atoms with Gasteiger partial charge in [0, 0.05) is 6.42 Å². The lowest BCUT2D eigenvalue weighted by Crippen LogP contribution is -2.12. The highest BCUT2D eigenvalue weighted by Gasteiger charge is 2.11. The van der Waals surface area contributed by atoms with E-state index in [2.05, 4.69) is 15.5 Å². The summed E-state index contributed by atoms with van der Waals surface area (Å²) >= 11 is 0. The standard InChI is InChI=1S/C13H17N3O2/c1-10(14-2)13-15-12(16-18-13)8-9-17-11-6-4-3-5-7-11/h3-7,10,14H,8-9H2,1-2H3. The van der Waals surface area contributed by atoms with E-state index in [1.54, 1.807) is 0 Å². The Balaban J connectivity index is 1.82. The molecule has 0 spiro atoms. The van der Waals surface area contributed by atoms with E-state index < -0.39 is 0 Å². The van der Waals surface area contributed by atoms with Crippen molar-refractivity contribution in [2.24, 2.45) is 0 Å². The summed E-state index contributed by atoms with van der Waals surface area (Å²) in [4.78, 5) is 4.29. The molecule has 5 heteroatoms. The molecule has 5 nitrogen and oxygen atoms in total. The smallest absolute Gasteiger partial charge is 0.243 e. The van der Waals surface area contributed by atoms with Crippen LogP contribution in [0.4, 0.5) is 0 Å². The maximum Gasteiger partial charge on any atom is 0.243 e. The molecule has 0 radical (unpaired) electrons. The lowest BCUT2D eigenvalue weighted by atomic mass is 10.3. The third kappa shape index (κ3) is 3.30. The number of ether oxygens (including phenoxy) is 1. The van der Waals surface area contributed by atoms with Gasteiger partial charge >= 0.3 is 0 Å². The lowest BCUT2D eigenvalue weighted by Gasteiger charge is -2.03. The summed E-state index contributed by atoms with van der Waals surface area (Å²) in [5.41, 5.74) is 0. The summed E-state index contributed by atoms with van der Waals surface area (Å²) in [6, 6.07) is 9.75. The highest BCUT2D eigenvalue weighted by Crippen LogP contribution is 2.10.